The second kappa shape index (κ2) is 5.19. The van der Waals surface area contributed by atoms with Gasteiger partial charge in [-0.15, -0.1) is 0 Å². The lowest BCUT2D eigenvalue weighted by Crippen LogP contribution is -2.06. The molecule has 0 bridgehead atoms. The fourth-order valence-corrected chi connectivity index (χ4v) is 1.60. The molecule has 2 N–H and O–H groups in total. The Labute approximate surface area is 106 Å². The van der Waals surface area contributed by atoms with Crippen molar-refractivity contribution in [2.45, 2.75) is 13.0 Å². The molecule has 0 saturated heterocycles. The van der Waals surface area contributed by atoms with Crippen LogP contribution in [0.25, 0.3) is 0 Å². The van der Waals surface area contributed by atoms with Gasteiger partial charge in [-0.2, -0.15) is 5.26 Å². The second-order valence-electron chi connectivity index (χ2n) is 3.90. The van der Waals surface area contributed by atoms with Crippen molar-refractivity contribution in [2.24, 2.45) is 0 Å². The van der Waals surface area contributed by atoms with Gasteiger partial charge in [0.25, 0.3) is 0 Å². The number of hydrogen-bond acceptors (Lipinski definition) is 4. The molecule has 0 radical (unpaired) electrons. The number of nitriles is 1. The summed E-state index contributed by atoms with van der Waals surface area (Å²) in [6.07, 6.45) is 1.31. The Balaban J connectivity index is 2.22. The molecule has 90 valence electrons. The minimum absolute atomic E-state index is 0.172. The van der Waals surface area contributed by atoms with E-state index in [0.717, 1.165) is 5.56 Å². The Bertz CT molecular complexity index is 575. The molecule has 1 unspecified atom stereocenters. The first kappa shape index (κ1) is 11.9. The molecule has 0 aliphatic heterocycles. The average Bonchev–Trinajstić information content (AvgIpc) is 2.41. The van der Waals surface area contributed by atoms with Gasteiger partial charge in [0.15, 0.2) is 0 Å². The summed E-state index contributed by atoms with van der Waals surface area (Å²) in [4.78, 5) is 4.04. The maximum absolute atomic E-state index is 9.00. The lowest BCUT2D eigenvalue weighted by atomic mass is 10.1. The molecule has 4 heteroatoms. The molecule has 2 rings (SSSR count). The molecule has 0 amide bonds. The zero-order valence-electron chi connectivity index (χ0n) is 10.00. The van der Waals surface area contributed by atoms with Gasteiger partial charge in [-0.25, -0.2) is 4.98 Å². The Kier molecular flexibility index (Phi) is 3.44. The van der Waals surface area contributed by atoms with Gasteiger partial charge in [0.1, 0.15) is 17.7 Å². The van der Waals surface area contributed by atoms with Crippen molar-refractivity contribution in [1.29, 1.82) is 5.26 Å². The third kappa shape index (κ3) is 2.58. The maximum Gasteiger partial charge on any atom is 0.232 e. The van der Waals surface area contributed by atoms with Crippen LogP contribution in [0.4, 0.5) is 5.69 Å². The zero-order chi connectivity index (χ0) is 13.0. The van der Waals surface area contributed by atoms with Crippen LogP contribution in [0.1, 0.15) is 24.2 Å². The number of nitrogens with zero attached hydrogens (tertiary/aromatic N) is 2. The number of rotatable bonds is 3. The number of ether oxygens (including phenoxy) is 1. The van der Waals surface area contributed by atoms with Crippen LogP contribution >= 0.6 is 0 Å². The number of nitrogen functional groups attached to an aromatic ring is 1. The number of benzene rings is 1. The van der Waals surface area contributed by atoms with Gasteiger partial charge >= 0.3 is 0 Å². The van der Waals surface area contributed by atoms with Crippen LogP contribution in [0, 0.1) is 11.3 Å². The van der Waals surface area contributed by atoms with Crippen LogP contribution in [0.5, 0.6) is 5.88 Å². The number of pyridine rings is 1. The fraction of sp³-hybridized carbons (Fsp3) is 0.143. The molecule has 1 atom stereocenters. The monoisotopic (exact) mass is 239 g/mol. The first-order valence-electron chi connectivity index (χ1n) is 5.58. The lowest BCUT2D eigenvalue weighted by molar-refractivity contribution is 0.217. The third-order valence-electron chi connectivity index (χ3n) is 2.55. The Morgan fingerprint density at radius 2 is 2.06 bits per heavy atom. The summed E-state index contributed by atoms with van der Waals surface area (Å²) in [5, 5.41) is 9.00. The van der Waals surface area contributed by atoms with E-state index in [2.05, 4.69) is 4.98 Å². The average molecular weight is 239 g/mol. The Morgan fingerprint density at radius 3 is 2.72 bits per heavy atom. The molecule has 4 nitrogen and oxygen atoms in total. The van der Waals surface area contributed by atoms with Crippen LogP contribution < -0.4 is 10.5 Å². The number of nitrogens with two attached hydrogens (primary N) is 1. The molecular formula is C14H13N3O. The van der Waals surface area contributed by atoms with Gasteiger partial charge in [-0.3, -0.25) is 0 Å². The summed E-state index contributed by atoms with van der Waals surface area (Å²) in [6, 6.07) is 13.3. The highest BCUT2D eigenvalue weighted by molar-refractivity contribution is 5.48. The minimum Gasteiger partial charge on any atom is -0.469 e. The smallest absolute Gasteiger partial charge is 0.232 e. The van der Waals surface area contributed by atoms with E-state index in [1.807, 2.05) is 43.3 Å². The van der Waals surface area contributed by atoms with Gasteiger partial charge in [-0.05, 0) is 18.6 Å². The van der Waals surface area contributed by atoms with E-state index in [4.69, 9.17) is 15.7 Å². The Hall–Kier alpha value is -2.54. The molecule has 1 aromatic heterocycles. The van der Waals surface area contributed by atoms with Crippen LogP contribution in [0.3, 0.4) is 0 Å². The van der Waals surface area contributed by atoms with Gasteiger partial charge in [0.05, 0.1) is 11.9 Å². The largest absolute Gasteiger partial charge is 0.469 e. The molecule has 0 aliphatic rings. The topological polar surface area (TPSA) is 71.9 Å². The predicted octanol–water partition coefficient (Wildman–Crippen LogP) is 2.68. The van der Waals surface area contributed by atoms with Crippen LogP contribution in [0.2, 0.25) is 0 Å². The summed E-state index contributed by atoms with van der Waals surface area (Å²) >= 11 is 0. The highest BCUT2D eigenvalue weighted by Gasteiger charge is 2.11. The first-order valence-corrected chi connectivity index (χ1v) is 5.58. The van der Waals surface area contributed by atoms with Crippen molar-refractivity contribution >= 4 is 5.69 Å². The van der Waals surface area contributed by atoms with E-state index in [-0.39, 0.29) is 6.10 Å². The van der Waals surface area contributed by atoms with Crippen LogP contribution in [-0.4, -0.2) is 4.98 Å². The number of aromatic nitrogens is 1. The minimum atomic E-state index is -0.172. The van der Waals surface area contributed by atoms with Crippen LogP contribution in [-0.2, 0) is 0 Å². The third-order valence-corrected chi connectivity index (χ3v) is 2.55. The van der Waals surface area contributed by atoms with Gasteiger partial charge in [-0.1, -0.05) is 30.3 Å². The normalized spacial score (nSPS) is 11.6. The van der Waals surface area contributed by atoms with Gasteiger partial charge in [0, 0.05) is 0 Å². The molecule has 1 aromatic carbocycles. The molecule has 0 aliphatic carbocycles. The summed E-state index contributed by atoms with van der Waals surface area (Å²) < 4.78 is 5.69. The number of anilines is 1. The first-order chi connectivity index (χ1) is 8.70. The lowest BCUT2D eigenvalue weighted by Gasteiger charge is -2.15. The van der Waals surface area contributed by atoms with Gasteiger partial charge < -0.3 is 10.5 Å². The zero-order valence-corrected chi connectivity index (χ0v) is 10.00. The summed E-state index contributed by atoms with van der Waals surface area (Å²) in [6.45, 7) is 1.91. The molecule has 0 saturated carbocycles. The van der Waals surface area contributed by atoms with Crippen molar-refractivity contribution in [3.63, 3.8) is 0 Å². The van der Waals surface area contributed by atoms with E-state index >= 15 is 0 Å². The van der Waals surface area contributed by atoms with E-state index < -0.39 is 0 Å². The maximum atomic E-state index is 9.00. The predicted molar refractivity (Wildman–Crippen MR) is 68.8 cm³/mol. The Morgan fingerprint density at radius 1 is 1.33 bits per heavy atom. The van der Waals surface area contributed by atoms with Crippen molar-refractivity contribution in [3.05, 3.63) is 53.7 Å². The van der Waals surface area contributed by atoms with Gasteiger partial charge in [0.2, 0.25) is 5.88 Å². The standard InChI is InChI=1S/C14H13N3O/c1-10(11-5-3-2-4-6-11)18-14-12(8-15)7-13(16)9-17-14/h2-7,9-10H,16H2,1H3. The van der Waals surface area contributed by atoms with E-state index in [9.17, 15) is 0 Å². The highest BCUT2D eigenvalue weighted by Crippen LogP contribution is 2.23. The van der Waals surface area contributed by atoms with Crippen molar-refractivity contribution < 1.29 is 4.74 Å². The van der Waals surface area contributed by atoms with Crippen molar-refractivity contribution in [1.82, 2.24) is 4.98 Å². The summed E-state index contributed by atoms with van der Waals surface area (Å²) in [7, 11) is 0. The molecular weight excluding hydrogens is 226 g/mol. The SMILES string of the molecule is CC(Oc1ncc(N)cc1C#N)c1ccccc1. The molecule has 0 spiro atoms. The fourth-order valence-electron chi connectivity index (χ4n) is 1.60. The summed E-state index contributed by atoms with van der Waals surface area (Å²) in [5.41, 5.74) is 7.40. The van der Waals surface area contributed by atoms with E-state index in [0.29, 0.717) is 17.1 Å². The molecule has 2 aromatic rings. The van der Waals surface area contributed by atoms with Crippen molar-refractivity contribution in [2.75, 3.05) is 5.73 Å². The highest BCUT2D eigenvalue weighted by atomic mass is 16.5. The van der Waals surface area contributed by atoms with E-state index in [1.54, 1.807) is 6.07 Å². The second-order valence-corrected chi connectivity index (χ2v) is 3.90. The van der Waals surface area contributed by atoms with Crippen molar-refractivity contribution in [3.8, 4) is 11.9 Å². The van der Waals surface area contributed by atoms with E-state index in [1.165, 1.54) is 6.20 Å². The molecule has 1 heterocycles. The number of hydrogen-bond donors (Lipinski definition) is 1. The molecule has 0 fully saturated rings. The summed E-state index contributed by atoms with van der Waals surface area (Å²) in [5.74, 6) is 0.308. The van der Waals surface area contributed by atoms with Crippen LogP contribution in [0.15, 0.2) is 42.6 Å². The molecule has 18 heavy (non-hydrogen) atoms. The quantitative estimate of drug-likeness (QED) is 0.893.